The topological polar surface area (TPSA) is 54.2 Å². The third-order valence-corrected chi connectivity index (χ3v) is 5.36. The summed E-state index contributed by atoms with van der Waals surface area (Å²) in [5.41, 5.74) is 2.48. The quantitative estimate of drug-likeness (QED) is 0.475. The van der Waals surface area contributed by atoms with Crippen LogP contribution in [0.3, 0.4) is 0 Å². The van der Waals surface area contributed by atoms with Gasteiger partial charge in [-0.2, -0.15) is 5.10 Å². The highest BCUT2D eigenvalue weighted by atomic mass is 79.9. The van der Waals surface area contributed by atoms with Crippen LogP contribution < -0.4 is 10.6 Å². The first-order valence-corrected chi connectivity index (χ1v) is 9.58. The van der Waals surface area contributed by atoms with Crippen LogP contribution in [-0.2, 0) is 19.6 Å². The van der Waals surface area contributed by atoms with Gasteiger partial charge in [-0.3, -0.25) is 9.67 Å². The molecule has 7 heteroatoms. The van der Waals surface area contributed by atoms with E-state index in [2.05, 4.69) is 73.1 Å². The van der Waals surface area contributed by atoms with Crippen LogP contribution in [0.25, 0.3) is 0 Å². The molecule has 2 N–H and O–H groups in total. The van der Waals surface area contributed by atoms with Crippen LogP contribution in [-0.4, -0.2) is 22.8 Å². The highest BCUT2D eigenvalue weighted by Crippen LogP contribution is 2.21. The minimum Gasteiger partial charge on any atom is -0.352 e. The van der Waals surface area contributed by atoms with Gasteiger partial charge in [-0.25, -0.2) is 0 Å². The van der Waals surface area contributed by atoms with Crippen molar-refractivity contribution >= 4 is 33.2 Å². The van der Waals surface area contributed by atoms with E-state index in [1.807, 2.05) is 16.9 Å². The average Bonchev–Trinajstić information content (AvgIpc) is 3.28. The largest absolute Gasteiger partial charge is 0.352 e. The number of aliphatic imine (C=N–C) groups is 1. The zero-order chi connectivity index (χ0) is 17.5. The molecule has 3 rings (SSSR count). The van der Waals surface area contributed by atoms with Crippen LogP contribution in [0.5, 0.6) is 0 Å². The normalized spacial score (nSPS) is 11.5. The number of thiophene rings is 1. The molecule has 5 nitrogen and oxygen atoms in total. The Balaban J connectivity index is 1.58. The maximum atomic E-state index is 4.30. The Morgan fingerprint density at radius 3 is 2.60 bits per heavy atom. The van der Waals surface area contributed by atoms with Crippen molar-refractivity contribution in [1.82, 2.24) is 20.4 Å². The third kappa shape index (κ3) is 5.17. The van der Waals surface area contributed by atoms with E-state index in [4.69, 9.17) is 0 Å². The van der Waals surface area contributed by atoms with Crippen molar-refractivity contribution in [2.45, 2.75) is 19.6 Å². The predicted octanol–water partition coefficient (Wildman–Crippen LogP) is 3.62. The Bertz CT molecular complexity index is 826. The van der Waals surface area contributed by atoms with Crippen molar-refractivity contribution in [2.24, 2.45) is 4.99 Å². The van der Waals surface area contributed by atoms with E-state index in [0.717, 1.165) is 22.8 Å². The molecule has 0 bridgehead atoms. The molecule has 0 aliphatic rings. The van der Waals surface area contributed by atoms with Crippen molar-refractivity contribution in [1.29, 1.82) is 0 Å². The molecule has 0 fully saturated rings. The molecule has 0 saturated carbocycles. The number of nitrogens with one attached hydrogen (secondary N) is 2. The van der Waals surface area contributed by atoms with Gasteiger partial charge in [0.05, 0.1) is 16.9 Å². The van der Waals surface area contributed by atoms with E-state index >= 15 is 0 Å². The molecule has 0 aliphatic carbocycles. The Hall–Kier alpha value is -2.12. The molecule has 1 aromatic carbocycles. The SMILES string of the molecule is CN=C(NCc1ccc(Br)s1)NCc1ccccc1Cn1cccn1. The molecule has 25 heavy (non-hydrogen) atoms. The Labute approximate surface area is 159 Å². The van der Waals surface area contributed by atoms with E-state index in [1.54, 1.807) is 24.6 Å². The standard InChI is InChI=1S/C18H20BrN5S/c1-20-18(22-12-16-7-8-17(19)25-16)21-11-14-5-2-3-6-15(14)13-24-10-4-9-23-24/h2-10H,11-13H2,1H3,(H2,20,21,22). The first-order valence-electron chi connectivity index (χ1n) is 7.97. The molecule has 0 aliphatic heterocycles. The average molecular weight is 418 g/mol. The van der Waals surface area contributed by atoms with Crippen molar-refractivity contribution in [3.05, 3.63) is 74.6 Å². The first kappa shape index (κ1) is 17.7. The zero-order valence-electron chi connectivity index (χ0n) is 13.9. The third-order valence-electron chi connectivity index (χ3n) is 3.74. The molecule has 0 amide bonds. The summed E-state index contributed by atoms with van der Waals surface area (Å²) >= 11 is 5.21. The lowest BCUT2D eigenvalue weighted by Gasteiger charge is -2.14. The van der Waals surface area contributed by atoms with Crippen molar-refractivity contribution in [3.8, 4) is 0 Å². The van der Waals surface area contributed by atoms with Crippen molar-refractivity contribution < 1.29 is 0 Å². The molecule has 2 heterocycles. The van der Waals surface area contributed by atoms with E-state index in [-0.39, 0.29) is 0 Å². The van der Waals surface area contributed by atoms with Gasteiger partial charge in [-0.05, 0) is 45.3 Å². The molecule has 3 aromatic rings. The lowest BCUT2D eigenvalue weighted by Crippen LogP contribution is -2.36. The Morgan fingerprint density at radius 2 is 1.92 bits per heavy atom. The van der Waals surface area contributed by atoms with Crippen molar-refractivity contribution in [2.75, 3.05) is 7.05 Å². The molecule has 0 radical (unpaired) electrons. The van der Waals surface area contributed by atoms with Gasteiger partial charge in [-0.15, -0.1) is 11.3 Å². The highest BCUT2D eigenvalue weighted by Gasteiger charge is 2.05. The number of rotatable bonds is 6. The summed E-state index contributed by atoms with van der Waals surface area (Å²) in [7, 11) is 1.79. The second kappa shape index (κ2) is 8.82. The molecule has 130 valence electrons. The first-order chi connectivity index (χ1) is 12.2. The monoisotopic (exact) mass is 417 g/mol. The molecule has 0 unspecified atom stereocenters. The van der Waals surface area contributed by atoms with Crippen LogP contribution in [0.4, 0.5) is 0 Å². The Kier molecular flexibility index (Phi) is 6.25. The maximum absolute atomic E-state index is 4.30. The fraction of sp³-hybridized carbons (Fsp3) is 0.222. The van der Waals surface area contributed by atoms with Crippen LogP contribution >= 0.6 is 27.3 Å². The van der Waals surface area contributed by atoms with Crippen LogP contribution in [0, 0.1) is 0 Å². The van der Waals surface area contributed by atoms with Gasteiger partial charge in [0, 0.05) is 30.9 Å². The number of aromatic nitrogens is 2. The zero-order valence-corrected chi connectivity index (χ0v) is 16.3. The number of hydrogen-bond donors (Lipinski definition) is 2. The van der Waals surface area contributed by atoms with Gasteiger partial charge < -0.3 is 10.6 Å². The van der Waals surface area contributed by atoms with E-state index in [9.17, 15) is 0 Å². The second-order valence-electron chi connectivity index (χ2n) is 5.46. The lowest BCUT2D eigenvalue weighted by atomic mass is 10.1. The number of hydrogen-bond acceptors (Lipinski definition) is 3. The maximum Gasteiger partial charge on any atom is 0.191 e. The fourth-order valence-corrected chi connectivity index (χ4v) is 3.89. The number of benzene rings is 1. The summed E-state index contributed by atoms with van der Waals surface area (Å²) in [6.45, 7) is 2.23. The minimum atomic E-state index is 0.714. The summed E-state index contributed by atoms with van der Waals surface area (Å²) in [5, 5.41) is 11.0. The highest BCUT2D eigenvalue weighted by molar-refractivity contribution is 9.11. The van der Waals surface area contributed by atoms with Crippen LogP contribution in [0.1, 0.15) is 16.0 Å². The molecule has 0 saturated heterocycles. The van der Waals surface area contributed by atoms with Crippen LogP contribution in [0.2, 0.25) is 0 Å². The molecular formula is C18H20BrN5S. The minimum absolute atomic E-state index is 0.714. The second-order valence-corrected chi connectivity index (χ2v) is 8.01. The number of nitrogens with zero attached hydrogens (tertiary/aromatic N) is 3. The summed E-state index contributed by atoms with van der Waals surface area (Å²) in [4.78, 5) is 5.56. The summed E-state index contributed by atoms with van der Waals surface area (Å²) in [5.74, 6) is 0.790. The van der Waals surface area contributed by atoms with Gasteiger partial charge in [0.25, 0.3) is 0 Å². The summed E-state index contributed by atoms with van der Waals surface area (Å²) in [6.07, 6.45) is 3.78. The molecule has 0 atom stereocenters. The van der Waals surface area contributed by atoms with Gasteiger partial charge in [0.2, 0.25) is 0 Å². The summed E-state index contributed by atoms with van der Waals surface area (Å²) in [6, 6.07) is 14.5. The Morgan fingerprint density at radius 1 is 1.12 bits per heavy atom. The van der Waals surface area contributed by atoms with Gasteiger partial charge >= 0.3 is 0 Å². The smallest absolute Gasteiger partial charge is 0.191 e. The number of halogens is 1. The van der Waals surface area contributed by atoms with Gasteiger partial charge in [0.15, 0.2) is 5.96 Å². The summed E-state index contributed by atoms with van der Waals surface area (Å²) < 4.78 is 3.07. The van der Waals surface area contributed by atoms with E-state index in [0.29, 0.717) is 6.54 Å². The lowest BCUT2D eigenvalue weighted by molar-refractivity contribution is 0.677. The molecule has 2 aromatic heterocycles. The fourth-order valence-electron chi connectivity index (χ4n) is 2.47. The van der Waals surface area contributed by atoms with Gasteiger partial charge in [-0.1, -0.05) is 24.3 Å². The van der Waals surface area contributed by atoms with Crippen molar-refractivity contribution in [3.63, 3.8) is 0 Å². The molecular weight excluding hydrogens is 398 g/mol. The van der Waals surface area contributed by atoms with E-state index in [1.165, 1.54) is 16.0 Å². The molecule has 0 spiro atoms. The number of guanidine groups is 1. The predicted molar refractivity (Wildman–Crippen MR) is 107 cm³/mol. The van der Waals surface area contributed by atoms with Crippen LogP contribution in [0.15, 0.2) is 63.6 Å². The van der Waals surface area contributed by atoms with Gasteiger partial charge in [0.1, 0.15) is 0 Å². The van der Waals surface area contributed by atoms with E-state index < -0.39 is 0 Å².